The molecule has 1 atom stereocenters. The van der Waals surface area contributed by atoms with Gasteiger partial charge < -0.3 is 9.90 Å². The summed E-state index contributed by atoms with van der Waals surface area (Å²) in [5.41, 5.74) is -1.05. The zero-order chi connectivity index (χ0) is 15.0. The van der Waals surface area contributed by atoms with E-state index in [1.54, 1.807) is 0 Å². The van der Waals surface area contributed by atoms with Gasteiger partial charge in [-0.2, -0.15) is 0 Å². The zero-order valence-electron chi connectivity index (χ0n) is 10.4. The number of amides is 2. The average molecular weight is 277 g/mol. The van der Waals surface area contributed by atoms with Crippen molar-refractivity contribution in [2.24, 2.45) is 0 Å². The monoisotopic (exact) mass is 277 g/mol. The molecule has 0 aromatic heterocycles. The van der Waals surface area contributed by atoms with E-state index in [2.05, 4.69) is 0 Å². The summed E-state index contributed by atoms with van der Waals surface area (Å²) in [6.45, 7) is 1.47. The van der Waals surface area contributed by atoms with Crippen molar-refractivity contribution in [2.75, 3.05) is 0 Å². The highest BCUT2D eigenvalue weighted by Crippen LogP contribution is 2.32. The fraction of sp³-hybridized carbons (Fsp3) is 0.250. The number of hydrogen-bond acceptors (Lipinski definition) is 6. The molecule has 1 aromatic carbocycles. The molecule has 0 saturated heterocycles. The Bertz CT molecular complexity index is 639. The molecule has 104 valence electrons. The number of carbonyl (C=O) groups excluding carboxylic acids is 3. The molecule has 1 aliphatic heterocycles. The number of imide groups is 1. The van der Waals surface area contributed by atoms with Gasteiger partial charge in [-0.15, -0.1) is 0 Å². The van der Waals surface area contributed by atoms with Gasteiger partial charge in [0.05, 0.1) is 22.5 Å². The summed E-state index contributed by atoms with van der Waals surface area (Å²) in [4.78, 5) is 45.8. The lowest BCUT2D eigenvalue weighted by Crippen LogP contribution is -2.50. The third-order valence-corrected chi connectivity index (χ3v) is 3.09. The number of fused-ring (bicyclic) bond motifs is 1. The predicted molar refractivity (Wildman–Crippen MR) is 62.7 cm³/mol. The third kappa shape index (κ3) is 1.81. The van der Waals surface area contributed by atoms with E-state index in [0.29, 0.717) is 4.90 Å². The molecule has 0 fully saturated rings. The van der Waals surface area contributed by atoms with Crippen LogP contribution in [0.1, 0.15) is 34.1 Å². The van der Waals surface area contributed by atoms with E-state index in [9.17, 15) is 29.6 Å². The number of carboxylic acid groups (broad SMARTS) is 1. The van der Waals surface area contributed by atoms with E-state index in [-0.39, 0.29) is 17.5 Å². The topological polar surface area (TPSA) is 121 Å². The number of aliphatic carboxylic acids is 1. The molecule has 0 bridgehead atoms. The first kappa shape index (κ1) is 13.7. The Morgan fingerprint density at radius 3 is 2.50 bits per heavy atom. The predicted octanol–water partition coefficient (Wildman–Crippen LogP) is -0.281. The zero-order valence-corrected chi connectivity index (χ0v) is 10.4. The summed E-state index contributed by atoms with van der Waals surface area (Å²) in [6.07, 6.45) is -0.0401. The van der Waals surface area contributed by atoms with E-state index < -0.39 is 34.4 Å². The van der Waals surface area contributed by atoms with Gasteiger partial charge in [0.25, 0.3) is 17.5 Å². The van der Waals surface area contributed by atoms with Gasteiger partial charge in [0.1, 0.15) is 5.56 Å². The molecule has 20 heavy (non-hydrogen) atoms. The van der Waals surface area contributed by atoms with Crippen LogP contribution in [0.15, 0.2) is 18.2 Å². The van der Waals surface area contributed by atoms with E-state index in [4.69, 9.17) is 0 Å². The Morgan fingerprint density at radius 1 is 1.35 bits per heavy atom. The van der Waals surface area contributed by atoms with Crippen molar-refractivity contribution in [3.8, 4) is 0 Å². The molecule has 0 radical (unpaired) electrons. The lowest BCUT2D eigenvalue weighted by atomic mass is 10.1. The second kappa shape index (κ2) is 4.72. The number of hydrogen-bond donors (Lipinski definition) is 0. The molecule has 2 rings (SSSR count). The number of nitro groups is 1. The van der Waals surface area contributed by atoms with Gasteiger partial charge in [0.15, 0.2) is 0 Å². The fourth-order valence-corrected chi connectivity index (χ4v) is 2.18. The highest BCUT2D eigenvalue weighted by atomic mass is 16.6. The number of benzene rings is 1. The van der Waals surface area contributed by atoms with Crippen molar-refractivity contribution < 1.29 is 24.4 Å². The summed E-state index contributed by atoms with van der Waals surface area (Å²) in [6, 6.07) is 2.17. The Morgan fingerprint density at radius 2 is 2.00 bits per heavy atom. The molecular formula is C12H9N2O6-. The van der Waals surface area contributed by atoms with Crippen LogP contribution in [0.25, 0.3) is 0 Å². The van der Waals surface area contributed by atoms with E-state index in [1.807, 2.05) is 0 Å². The number of rotatable bonds is 4. The molecule has 1 aromatic rings. The standard InChI is InChI=1S/C12H10N2O6/c1-2-7(12(17)18)13-10(15)6-4-3-5-8(14(19)20)9(6)11(13)16/h3-5,7H,2H2,1H3,(H,17,18)/p-1/t7-/m1/s1. The highest BCUT2D eigenvalue weighted by Gasteiger charge is 2.44. The van der Waals surface area contributed by atoms with Crippen molar-refractivity contribution in [2.45, 2.75) is 19.4 Å². The van der Waals surface area contributed by atoms with Crippen LogP contribution in [0.4, 0.5) is 5.69 Å². The largest absolute Gasteiger partial charge is 0.548 e. The minimum Gasteiger partial charge on any atom is -0.548 e. The summed E-state index contributed by atoms with van der Waals surface area (Å²) >= 11 is 0. The smallest absolute Gasteiger partial charge is 0.282 e. The number of nitro benzene ring substituents is 1. The van der Waals surface area contributed by atoms with Gasteiger partial charge in [0, 0.05) is 6.07 Å². The molecule has 0 spiro atoms. The fourth-order valence-electron chi connectivity index (χ4n) is 2.18. The van der Waals surface area contributed by atoms with Gasteiger partial charge >= 0.3 is 0 Å². The number of carbonyl (C=O) groups is 3. The average Bonchev–Trinajstić information content (AvgIpc) is 2.64. The Labute approximate surface area is 112 Å². The first-order chi connectivity index (χ1) is 9.40. The molecule has 8 heteroatoms. The van der Waals surface area contributed by atoms with Crippen molar-refractivity contribution in [1.29, 1.82) is 0 Å². The molecule has 1 heterocycles. The van der Waals surface area contributed by atoms with Crippen LogP contribution in [0.2, 0.25) is 0 Å². The maximum atomic E-state index is 12.1. The van der Waals surface area contributed by atoms with E-state index in [0.717, 1.165) is 6.07 Å². The maximum absolute atomic E-state index is 12.1. The second-order valence-electron chi connectivity index (χ2n) is 4.18. The second-order valence-corrected chi connectivity index (χ2v) is 4.18. The Hall–Kier alpha value is -2.77. The van der Waals surface area contributed by atoms with Crippen molar-refractivity contribution >= 4 is 23.5 Å². The molecule has 0 unspecified atom stereocenters. The number of carboxylic acids is 1. The SMILES string of the molecule is CC[C@H](C(=O)[O-])N1C(=O)c2cccc([N+](=O)[O-])c2C1=O. The third-order valence-electron chi connectivity index (χ3n) is 3.09. The van der Waals surface area contributed by atoms with Crippen molar-refractivity contribution in [3.05, 3.63) is 39.4 Å². The lowest BCUT2D eigenvalue weighted by Gasteiger charge is -2.25. The highest BCUT2D eigenvalue weighted by molar-refractivity contribution is 6.24. The molecule has 0 aliphatic carbocycles. The van der Waals surface area contributed by atoms with Crippen LogP contribution < -0.4 is 5.11 Å². The van der Waals surface area contributed by atoms with Gasteiger partial charge in [0.2, 0.25) is 0 Å². The minimum absolute atomic E-state index is 0.0401. The first-order valence-corrected chi connectivity index (χ1v) is 5.76. The van der Waals surface area contributed by atoms with Crippen LogP contribution in [-0.4, -0.2) is 33.6 Å². The van der Waals surface area contributed by atoms with Crippen molar-refractivity contribution in [1.82, 2.24) is 4.90 Å². The minimum atomic E-state index is -1.58. The summed E-state index contributed by atoms with van der Waals surface area (Å²) in [5.74, 6) is -3.41. The van der Waals surface area contributed by atoms with Gasteiger partial charge in [-0.3, -0.25) is 24.6 Å². The molecular weight excluding hydrogens is 268 g/mol. The van der Waals surface area contributed by atoms with Crippen LogP contribution in [0.5, 0.6) is 0 Å². The lowest BCUT2D eigenvalue weighted by molar-refractivity contribution is -0.385. The van der Waals surface area contributed by atoms with Gasteiger partial charge in [-0.05, 0) is 12.5 Å². The molecule has 1 aliphatic rings. The van der Waals surface area contributed by atoms with E-state index >= 15 is 0 Å². The van der Waals surface area contributed by atoms with Gasteiger partial charge in [-0.25, -0.2) is 0 Å². The first-order valence-electron chi connectivity index (χ1n) is 5.76. The number of nitrogens with zero attached hydrogens (tertiary/aromatic N) is 2. The Balaban J connectivity index is 2.59. The van der Waals surface area contributed by atoms with Crippen LogP contribution in [0, 0.1) is 10.1 Å². The normalized spacial score (nSPS) is 15.2. The van der Waals surface area contributed by atoms with Crippen LogP contribution in [-0.2, 0) is 4.79 Å². The molecule has 0 saturated carbocycles. The summed E-state index contributed by atoms with van der Waals surface area (Å²) in [7, 11) is 0. The van der Waals surface area contributed by atoms with Crippen LogP contribution in [0.3, 0.4) is 0 Å². The van der Waals surface area contributed by atoms with E-state index in [1.165, 1.54) is 19.1 Å². The Kier molecular flexibility index (Phi) is 3.23. The quantitative estimate of drug-likeness (QED) is 0.424. The summed E-state index contributed by atoms with van der Waals surface area (Å²) < 4.78 is 0. The van der Waals surface area contributed by atoms with Crippen molar-refractivity contribution in [3.63, 3.8) is 0 Å². The van der Waals surface area contributed by atoms with Gasteiger partial charge in [-0.1, -0.05) is 13.0 Å². The maximum Gasteiger partial charge on any atom is 0.282 e. The molecule has 2 amide bonds. The molecule has 8 nitrogen and oxygen atoms in total. The molecule has 0 N–H and O–H groups in total. The van der Waals surface area contributed by atoms with Crippen LogP contribution >= 0.6 is 0 Å². The summed E-state index contributed by atoms with van der Waals surface area (Å²) in [5, 5.41) is 21.9.